The predicted molar refractivity (Wildman–Crippen MR) is 130 cm³/mol. The number of carboxylic acids is 1. The molecule has 0 fully saturated rings. The molecule has 0 aliphatic heterocycles. The van der Waals surface area contributed by atoms with Gasteiger partial charge in [0.15, 0.2) is 0 Å². The number of hydrogen-bond donors (Lipinski definition) is 3. The van der Waals surface area contributed by atoms with Crippen LogP contribution in [-0.4, -0.2) is 66.8 Å². The topological polar surface area (TPSA) is 108 Å². The summed E-state index contributed by atoms with van der Waals surface area (Å²) in [5.74, 6) is -1.79. The van der Waals surface area contributed by atoms with Crippen LogP contribution in [0.5, 0.6) is 0 Å². The van der Waals surface area contributed by atoms with Crippen LogP contribution in [-0.2, 0) is 14.3 Å². The molecule has 1 aliphatic rings. The molecule has 8 nitrogen and oxygen atoms in total. The van der Waals surface area contributed by atoms with E-state index >= 15 is 0 Å². The van der Waals surface area contributed by atoms with E-state index in [1.54, 1.807) is 19.0 Å². The van der Waals surface area contributed by atoms with Crippen LogP contribution < -0.4 is 10.6 Å². The monoisotopic (exact) mass is 467 g/mol. The molecular weight excluding hydrogens is 434 g/mol. The van der Waals surface area contributed by atoms with Crippen molar-refractivity contribution in [2.45, 2.75) is 44.2 Å². The molecule has 2 aromatic rings. The molecule has 3 N–H and O–H groups in total. The van der Waals surface area contributed by atoms with Crippen molar-refractivity contribution < 1.29 is 24.2 Å². The Morgan fingerprint density at radius 2 is 1.62 bits per heavy atom. The Labute approximate surface area is 200 Å². The second-order valence-corrected chi connectivity index (χ2v) is 9.16. The van der Waals surface area contributed by atoms with Crippen molar-refractivity contribution >= 4 is 18.0 Å². The highest BCUT2D eigenvalue weighted by atomic mass is 16.5. The SMILES string of the molecule is CCCC(C)(NC(=O)C(CN(C)C)NC(=O)OCC1c2ccccc2-c2ccccc21)C(=O)O. The van der Waals surface area contributed by atoms with Crippen LogP contribution in [0.3, 0.4) is 0 Å². The van der Waals surface area contributed by atoms with Crippen LogP contribution in [0.2, 0.25) is 0 Å². The number of nitrogens with zero attached hydrogens (tertiary/aromatic N) is 1. The Balaban J connectivity index is 1.69. The molecule has 8 heteroatoms. The van der Waals surface area contributed by atoms with Crippen LogP contribution >= 0.6 is 0 Å². The second-order valence-electron chi connectivity index (χ2n) is 9.16. The molecule has 0 bridgehead atoms. The van der Waals surface area contributed by atoms with E-state index in [2.05, 4.69) is 22.8 Å². The first-order valence-corrected chi connectivity index (χ1v) is 11.5. The molecule has 0 heterocycles. The summed E-state index contributed by atoms with van der Waals surface area (Å²) in [5.41, 5.74) is 3.02. The van der Waals surface area contributed by atoms with Gasteiger partial charge >= 0.3 is 12.1 Å². The highest BCUT2D eigenvalue weighted by Gasteiger charge is 2.37. The maximum atomic E-state index is 12.9. The minimum Gasteiger partial charge on any atom is -0.480 e. The van der Waals surface area contributed by atoms with E-state index in [4.69, 9.17) is 4.74 Å². The van der Waals surface area contributed by atoms with Crippen LogP contribution in [0.4, 0.5) is 4.79 Å². The Hall–Kier alpha value is -3.39. The number of likely N-dealkylation sites (N-methyl/N-ethyl adjacent to an activating group) is 1. The number of carbonyl (C=O) groups is 3. The molecule has 2 aromatic carbocycles. The van der Waals surface area contributed by atoms with Gasteiger partial charge in [0.1, 0.15) is 18.2 Å². The molecule has 0 radical (unpaired) electrons. The maximum Gasteiger partial charge on any atom is 0.407 e. The number of aliphatic carboxylic acids is 1. The molecule has 0 saturated heterocycles. The molecule has 0 aromatic heterocycles. The van der Waals surface area contributed by atoms with Crippen LogP contribution in [0.25, 0.3) is 11.1 Å². The Morgan fingerprint density at radius 1 is 1.06 bits per heavy atom. The van der Waals surface area contributed by atoms with Crippen molar-refractivity contribution in [3.05, 3.63) is 59.7 Å². The Bertz CT molecular complexity index is 1010. The highest BCUT2D eigenvalue weighted by Crippen LogP contribution is 2.44. The summed E-state index contributed by atoms with van der Waals surface area (Å²) in [6.07, 6.45) is 0.131. The standard InChI is InChI=1S/C26H33N3O5/c1-5-14-26(2,24(31)32)28-23(30)22(15-29(3)4)27-25(33)34-16-21-19-12-8-6-10-17(19)18-11-7-9-13-20(18)21/h6-13,21-22H,5,14-16H2,1-4H3,(H,27,33)(H,28,30)(H,31,32). The van der Waals surface area contributed by atoms with E-state index in [1.807, 2.05) is 43.3 Å². The number of rotatable bonds is 10. The van der Waals surface area contributed by atoms with Gasteiger partial charge in [0, 0.05) is 12.5 Å². The largest absolute Gasteiger partial charge is 0.480 e. The van der Waals surface area contributed by atoms with Crippen molar-refractivity contribution in [1.29, 1.82) is 0 Å². The highest BCUT2D eigenvalue weighted by molar-refractivity contribution is 5.91. The van der Waals surface area contributed by atoms with Crippen molar-refractivity contribution in [3.8, 4) is 11.1 Å². The molecule has 2 unspecified atom stereocenters. The number of carboxylic acid groups (broad SMARTS) is 1. The maximum absolute atomic E-state index is 12.9. The van der Waals surface area contributed by atoms with Gasteiger partial charge in [-0.25, -0.2) is 9.59 Å². The van der Waals surface area contributed by atoms with Gasteiger partial charge in [-0.05, 0) is 49.7 Å². The zero-order valence-electron chi connectivity index (χ0n) is 20.1. The number of fused-ring (bicyclic) bond motifs is 3. The first kappa shape index (κ1) is 25.2. The lowest BCUT2D eigenvalue weighted by Crippen LogP contribution is -2.59. The summed E-state index contributed by atoms with van der Waals surface area (Å²) in [7, 11) is 3.53. The number of carbonyl (C=O) groups excluding carboxylic acids is 2. The van der Waals surface area contributed by atoms with Gasteiger partial charge in [-0.15, -0.1) is 0 Å². The average Bonchev–Trinajstić information content (AvgIpc) is 3.10. The molecule has 3 rings (SSSR count). The minimum absolute atomic E-state index is 0.0980. The van der Waals surface area contributed by atoms with Crippen molar-refractivity contribution in [3.63, 3.8) is 0 Å². The third kappa shape index (κ3) is 5.56. The van der Waals surface area contributed by atoms with E-state index in [0.717, 1.165) is 22.3 Å². The van der Waals surface area contributed by atoms with Gasteiger partial charge in [-0.2, -0.15) is 0 Å². The molecular formula is C26H33N3O5. The number of nitrogens with one attached hydrogen (secondary N) is 2. The Kier molecular flexibility index (Phi) is 7.94. The number of ether oxygens (including phenoxy) is 1. The van der Waals surface area contributed by atoms with E-state index < -0.39 is 29.6 Å². The quantitative estimate of drug-likeness (QED) is 0.495. The summed E-state index contributed by atoms with van der Waals surface area (Å²) < 4.78 is 5.56. The van der Waals surface area contributed by atoms with E-state index in [-0.39, 0.29) is 25.5 Å². The molecule has 1 aliphatic carbocycles. The van der Waals surface area contributed by atoms with Gasteiger partial charge in [0.05, 0.1) is 0 Å². The van der Waals surface area contributed by atoms with Gasteiger partial charge in [0.2, 0.25) is 5.91 Å². The molecule has 0 saturated carbocycles. The van der Waals surface area contributed by atoms with Crippen molar-refractivity contribution in [1.82, 2.24) is 15.5 Å². The zero-order chi connectivity index (χ0) is 24.9. The molecule has 0 spiro atoms. The number of amides is 2. The smallest absolute Gasteiger partial charge is 0.407 e. The van der Waals surface area contributed by atoms with Gasteiger partial charge in [0.25, 0.3) is 0 Å². The van der Waals surface area contributed by atoms with Crippen LogP contribution in [0, 0.1) is 0 Å². The van der Waals surface area contributed by atoms with E-state index in [9.17, 15) is 19.5 Å². The fourth-order valence-corrected chi connectivity index (χ4v) is 4.42. The number of benzene rings is 2. The molecule has 2 atom stereocenters. The summed E-state index contributed by atoms with van der Waals surface area (Å²) in [6, 6.07) is 15.1. The fraction of sp³-hybridized carbons (Fsp3) is 0.423. The number of hydrogen-bond acceptors (Lipinski definition) is 5. The summed E-state index contributed by atoms with van der Waals surface area (Å²) >= 11 is 0. The van der Waals surface area contributed by atoms with Crippen molar-refractivity contribution in [2.24, 2.45) is 0 Å². The van der Waals surface area contributed by atoms with Gasteiger partial charge in [-0.1, -0.05) is 61.9 Å². The molecule has 34 heavy (non-hydrogen) atoms. The van der Waals surface area contributed by atoms with Gasteiger partial charge < -0.3 is 25.4 Å². The lowest BCUT2D eigenvalue weighted by Gasteiger charge is -2.29. The molecule has 2 amide bonds. The third-order valence-electron chi connectivity index (χ3n) is 6.12. The first-order valence-electron chi connectivity index (χ1n) is 11.5. The summed E-state index contributed by atoms with van der Waals surface area (Å²) in [5, 5.41) is 14.8. The van der Waals surface area contributed by atoms with Crippen LogP contribution in [0.15, 0.2) is 48.5 Å². The molecule has 182 valence electrons. The van der Waals surface area contributed by atoms with Gasteiger partial charge in [-0.3, -0.25) is 4.79 Å². The summed E-state index contributed by atoms with van der Waals surface area (Å²) in [4.78, 5) is 39.1. The lowest BCUT2D eigenvalue weighted by atomic mass is 9.95. The van der Waals surface area contributed by atoms with Crippen molar-refractivity contribution in [2.75, 3.05) is 27.2 Å². The normalized spacial score (nSPS) is 15.1. The predicted octanol–water partition coefficient (Wildman–Crippen LogP) is 3.21. The zero-order valence-corrected chi connectivity index (χ0v) is 20.1. The minimum atomic E-state index is -1.42. The first-order chi connectivity index (χ1) is 16.2. The lowest BCUT2D eigenvalue weighted by molar-refractivity contribution is -0.147. The average molecular weight is 468 g/mol. The summed E-state index contributed by atoms with van der Waals surface area (Å²) in [6.45, 7) is 3.63. The van der Waals surface area contributed by atoms with E-state index in [1.165, 1.54) is 6.92 Å². The second kappa shape index (κ2) is 10.7. The number of alkyl carbamates (subject to hydrolysis) is 1. The fourth-order valence-electron chi connectivity index (χ4n) is 4.42. The Morgan fingerprint density at radius 3 is 2.12 bits per heavy atom. The van der Waals surface area contributed by atoms with E-state index in [0.29, 0.717) is 6.42 Å². The van der Waals surface area contributed by atoms with Crippen LogP contribution in [0.1, 0.15) is 43.7 Å². The third-order valence-corrected chi connectivity index (χ3v) is 6.12.